The van der Waals surface area contributed by atoms with E-state index in [2.05, 4.69) is 77.6 Å². The zero-order valence-corrected chi connectivity index (χ0v) is 15.0. The van der Waals surface area contributed by atoms with Crippen LogP contribution in [0.1, 0.15) is 38.8 Å². The largest absolute Gasteiger partial charge is 0.326 e. The standard InChI is InChI=1S/C16H25BrN2S/c1-4-15(18)16(13-5-7-14(17)8-6-13)19-9-10-20-12(3)11(19)2/h5-8,11-12,15-16H,4,9-10,18H2,1-3H3. The summed E-state index contributed by atoms with van der Waals surface area (Å²) in [5.41, 5.74) is 7.81. The van der Waals surface area contributed by atoms with Crippen LogP contribution >= 0.6 is 27.7 Å². The molecule has 1 aromatic carbocycles. The second-order valence-corrected chi connectivity index (χ2v) is 8.02. The second kappa shape index (κ2) is 7.30. The summed E-state index contributed by atoms with van der Waals surface area (Å²) in [6.07, 6.45) is 1.01. The summed E-state index contributed by atoms with van der Waals surface area (Å²) in [6.45, 7) is 7.98. The SMILES string of the molecule is CCC(N)C(c1ccc(Br)cc1)N1CCSC(C)C1C. The highest BCUT2D eigenvalue weighted by atomic mass is 79.9. The molecular formula is C16H25BrN2S. The Morgan fingerprint density at radius 2 is 2.00 bits per heavy atom. The molecule has 0 saturated carbocycles. The fourth-order valence-corrected chi connectivity index (χ4v) is 4.30. The number of thioether (sulfide) groups is 1. The molecule has 1 fully saturated rings. The van der Waals surface area contributed by atoms with E-state index in [4.69, 9.17) is 5.73 Å². The van der Waals surface area contributed by atoms with Crippen LogP contribution in [0.5, 0.6) is 0 Å². The molecule has 0 bridgehead atoms. The Morgan fingerprint density at radius 3 is 2.60 bits per heavy atom. The maximum atomic E-state index is 6.47. The lowest BCUT2D eigenvalue weighted by molar-refractivity contribution is 0.124. The Morgan fingerprint density at radius 1 is 1.35 bits per heavy atom. The van der Waals surface area contributed by atoms with Gasteiger partial charge in [0, 0.05) is 34.1 Å². The number of nitrogens with zero attached hydrogens (tertiary/aromatic N) is 1. The maximum absolute atomic E-state index is 6.47. The normalized spacial score (nSPS) is 27.2. The summed E-state index contributed by atoms with van der Waals surface area (Å²) in [6, 6.07) is 9.75. The van der Waals surface area contributed by atoms with Crippen LogP contribution in [0.25, 0.3) is 0 Å². The Bertz CT molecular complexity index is 423. The maximum Gasteiger partial charge on any atom is 0.0502 e. The molecule has 2 N–H and O–H groups in total. The molecule has 112 valence electrons. The van der Waals surface area contributed by atoms with E-state index in [1.54, 1.807) is 0 Å². The molecule has 0 aliphatic carbocycles. The zero-order valence-electron chi connectivity index (χ0n) is 12.6. The highest BCUT2D eigenvalue weighted by molar-refractivity contribution is 9.10. The summed E-state index contributed by atoms with van der Waals surface area (Å²) < 4.78 is 1.13. The summed E-state index contributed by atoms with van der Waals surface area (Å²) in [5, 5.41) is 0.672. The third-order valence-electron chi connectivity index (χ3n) is 4.38. The lowest BCUT2D eigenvalue weighted by Crippen LogP contribution is -2.51. The average molecular weight is 357 g/mol. The first-order chi connectivity index (χ1) is 9.54. The van der Waals surface area contributed by atoms with Gasteiger partial charge < -0.3 is 5.73 Å². The number of nitrogens with two attached hydrogens (primary N) is 1. The summed E-state index contributed by atoms with van der Waals surface area (Å²) in [4.78, 5) is 2.61. The van der Waals surface area contributed by atoms with Crippen molar-refractivity contribution in [3.8, 4) is 0 Å². The topological polar surface area (TPSA) is 29.3 Å². The summed E-state index contributed by atoms with van der Waals surface area (Å²) in [7, 11) is 0. The fraction of sp³-hybridized carbons (Fsp3) is 0.625. The minimum atomic E-state index is 0.189. The number of rotatable bonds is 4. The number of hydrogen-bond donors (Lipinski definition) is 1. The van der Waals surface area contributed by atoms with Crippen LogP contribution in [0.15, 0.2) is 28.7 Å². The van der Waals surface area contributed by atoms with E-state index < -0.39 is 0 Å². The molecule has 1 aromatic rings. The van der Waals surface area contributed by atoms with Gasteiger partial charge in [-0.05, 0) is 31.0 Å². The van der Waals surface area contributed by atoms with Gasteiger partial charge in [0.15, 0.2) is 0 Å². The van der Waals surface area contributed by atoms with E-state index in [9.17, 15) is 0 Å². The molecule has 1 saturated heterocycles. The molecule has 1 heterocycles. The molecule has 0 aromatic heterocycles. The van der Waals surface area contributed by atoms with E-state index in [1.165, 1.54) is 11.3 Å². The second-order valence-electron chi connectivity index (χ2n) is 5.62. The third-order valence-corrected chi connectivity index (χ3v) is 6.25. The highest BCUT2D eigenvalue weighted by Gasteiger charge is 2.34. The molecule has 1 aliphatic rings. The van der Waals surface area contributed by atoms with Crippen molar-refractivity contribution >= 4 is 27.7 Å². The minimum absolute atomic E-state index is 0.189. The molecule has 4 atom stereocenters. The van der Waals surface area contributed by atoms with Gasteiger partial charge in [0.1, 0.15) is 0 Å². The molecule has 1 aliphatic heterocycles. The van der Waals surface area contributed by atoms with Gasteiger partial charge >= 0.3 is 0 Å². The Hall–Kier alpha value is -0.0300. The number of halogens is 1. The van der Waals surface area contributed by atoms with E-state index in [1.807, 2.05) is 0 Å². The van der Waals surface area contributed by atoms with Gasteiger partial charge in [0.05, 0.1) is 6.04 Å². The van der Waals surface area contributed by atoms with Crippen molar-refractivity contribution < 1.29 is 0 Å². The molecule has 2 rings (SSSR count). The average Bonchev–Trinajstić information content (AvgIpc) is 2.45. The van der Waals surface area contributed by atoms with Gasteiger partial charge in [-0.15, -0.1) is 0 Å². The van der Waals surface area contributed by atoms with Crippen LogP contribution in [0.4, 0.5) is 0 Å². The van der Waals surface area contributed by atoms with Crippen molar-refractivity contribution in [1.29, 1.82) is 0 Å². The lowest BCUT2D eigenvalue weighted by Gasteiger charge is -2.44. The molecule has 20 heavy (non-hydrogen) atoms. The van der Waals surface area contributed by atoms with Crippen molar-refractivity contribution in [2.24, 2.45) is 5.73 Å². The van der Waals surface area contributed by atoms with Crippen molar-refractivity contribution in [1.82, 2.24) is 4.90 Å². The van der Waals surface area contributed by atoms with Gasteiger partial charge in [-0.2, -0.15) is 11.8 Å². The molecule has 0 spiro atoms. The minimum Gasteiger partial charge on any atom is -0.326 e. The predicted molar refractivity (Wildman–Crippen MR) is 93.2 cm³/mol. The van der Waals surface area contributed by atoms with Crippen LogP contribution in [0.3, 0.4) is 0 Å². The molecular weight excluding hydrogens is 332 g/mol. The molecule has 4 heteroatoms. The van der Waals surface area contributed by atoms with Gasteiger partial charge in [0.2, 0.25) is 0 Å². The monoisotopic (exact) mass is 356 g/mol. The molecule has 2 nitrogen and oxygen atoms in total. The predicted octanol–water partition coefficient (Wildman–Crippen LogP) is 4.05. The Kier molecular flexibility index (Phi) is 5.96. The quantitative estimate of drug-likeness (QED) is 0.881. The Balaban J connectivity index is 2.29. The van der Waals surface area contributed by atoms with Crippen LogP contribution < -0.4 is 5.73 Å². The van der Waals surface area contributed by atoms with Gasteiger partial charge in [-0.25, -0.2) is 0 Å². The smallest absolute Gasteiger partial charge is 0.0502 e. The van der Waals surface area contributed by atoms with Gasteiger partial charge in [-0.3, -0.25) is 4.90 Å². The van der Waals surface area contributed by atoms with Gasteiger partial charge in [0.25, 0.3) is 0 Å². The van der Waals surface area contributed by atoms with E-state index >= 15 is 0 Å². The molecule has 0 radical (unpaired) electrons. The zero-order chi connectivity index (χ0) is 14.7. The first-order valence-corrected chi connectivity index (χ1v) is 9.27. The van der Waals surface area contributed by atoms with Crippen LogP contribution in [0.2, 0.25) is 0 Å². The summed E-state index contributed by atoms with van der Waals surface area (Å²) >= 11 is 5.59. The van der Waals surface area contributed by atoms with Crippen LogP contribution in [-0.2, 0) is 0 Å². The van der Waals surface area contributed by atoms with Crippen molar-refractivity contribution in [3.05, 3.63) is 34.3 Å². The van der Waals surface area contributed by atoms with Crippen molar-refractivity contribution in [2.75, 3.05) is 12.3 Å². The van der Waals surface area contributed by atoms with Crippen molar-refractivity contribution in [2.45, 2.75) is 50.6 Å². The fourth-order valence-electron chi connectivity index (χ4n) is 2.92. The van der Waals surface area contributed by atoms with Crippen LogP contribution in [0, 0.1) is 0 Å². The number of benzene rings is 1. The van der Waals surface area contributed by atoms with E-state index in [0.29, 0.717) is 17.3 Å². The lowest BCUT2D eigenvalue weighted by atomic mass is 9.94. The number of hydrogen-bond acceptors (Lipinski definition) is 3. The molecule has 4 unspecified atom stereocenters. The first kappa shape index (κ1) is 16.3. The van der Waals surface area contributed by atoms with Crippen LogP contribution in [-0.4, -0.2) is 34.5 Å². The third kappa shape index (κ3) is 3.59. The molecule has 0 amide bonds. The van der Waals surface area contributed by atoms with E-state index in [0.717, 1.165) is 17.4 Å². The van der Waals surface area contributed by atoms with Crippen molar-refractivity contribution in [3.63, 3.8) is 0 Å². The van der Waals surface area contributed by atoms with Gasteiger partial charge in [-0.1, -0.05) is 41.9 Å². The highest BCUT2D eigenvalue weighted by Crippen LogP contribution is 2.34. The Labute approximate surface area is 135 Å². The van der Waals surface area contributed by atoms with E-state index in [-0.39, 0.29) is 6.04 Å². The first-order valence-electron chi connectivity index (χ1n) is 7.43. The summed E-state index contributed by atoms with van der Waals surface area (Å²) in [5.74, 6) is 1.20.